The van der Waals surface area contributed by atoms with Gasteiger partial charge in [0.2, 0.25) is 0 Å². The maximum atomic E-state index is 12.6. The predicted molar refractivity (Wildman–Crippen MR) is 65.5 cm³/mol. The summed E-state index contributed by atoms with van der Waals surface area (Å²) in [6, 6.07) is 1.66. The largest absolute Gasteiger partial charge is 0.416 e. The van der Waals surface area contributed by atoms with Gasteiger partial charge in [-0.15, -0.1) is 0 Å². The van der Waals surface area contributed by atoms with Crippen molar-refractivity contribution in [3.8, 4) is 0 Å². The SMILES string of the molecule is CCCc1c(Cl)nc2cc(C(F)(F)F)ccn2c1=O. The van der Waals surface area contributed by atoms with Crippen molar-refractivity contribution in [1.29, 1.82) is 0 Å². The number of aromatic nitrogens is 2. The monoisotopic (exact) mass is 290 g/mol. The quantitative estimate of drug-likeness (QED) is 0.795. The number of nitrogens with zero attached hydrogens (tertiary/aromatic N) is 2. The topological polar surface area (TPSA) is 34.4 Å². The maximum Gasteiger partial charge on any atom is 0.416 e. The average Bonchev–Trinajstić information content (AvgIpc) is 2.32. The van der Waals surface area contributed by atoms with Gasteiger partial charge in [-0.3, -0.25) is 9.20 Å². The molecule has 2 aromatic heterocycles. The molecule has 0 aromatic carbocycles. The first-order valence-corrected chi connectivity index (χ1v) is 6.00. The van der Waals surface area contributed by atoms with E-state index in [1.54, 1.807) is 0 Å². The molecule has 0 saturated heterocycles. The van der Waals surface area contributed by atoms with Crippen molar-refractivity contribution in [2.45, 2.75) is 25.9 Å². The molecule has 0 atom stereocenters. The Morgan fingerprint density at radius 2 is 2.11 bits per heavy atom. The maximum absolute atomic E-state index is 12.6. The van der Waals surface area contributed by atoms with Gasteiger partial charge in [0, 0.05) is 6.20 Å². The van der Waals surface area contributed by atoms with Crippen molar-refractivity contribution >= 4 is 17.2 Å². The van der Waals surface area contributed by atoms with Crippen molar-refractivity contribution in [2.24, 2.45) is 0 Å². The van der Waals surface area contributed by atoms with Crippen molar-refractivity contribution in [3.05, 3.63) is 45.0 Å². The van der Waals surface area contributed by atoms with Crippen molar-refractivity contribution in [1.82, 2.24) is 9.38 Å². The van der Waals surface area contributed by atoms with E-state index < -0.39 is 17.3 Å². The summed E-state index contributed by atoms with van der Waals surface area (Å²) in [6.45, 7) is 1.87. The van der Waals surface area contributed by atoms with Crippen LogP contribution < -0.4 is 5.56 Å². The lowest BCUT2D eigenvalue weighted by atomic mass is 10.2. The molecule has 0 N–H and O–H groups in total. The lowest BCUT2D eigenvalue weighted by Gasteiger charge is -2.09. The summed E-state index contributed by atoms with van der Waals surface area (Å²) in [5, 5.41) is -0.0359. The van der Waals surface area contributed by atoms with Gasteiger partial charge in [-0.2, -0.15) is 13.2 Å². The Morgan fingerprint density at radius 1 is 1.42 bits per heavy atom. The average molecular weight is 291 g/mol. The van der Waals surface area contributed by atoms with E-state index in [4.69, 9.17) is 11.6 Å². The Morgan fingerprint density at radius 3 is 2.68 bits per heavy atom. The summed E-state index contributed by atoms with van der Waals surface area (Å²) >= 11 is 5.85. The normalized spacial score (nSPS) is 12.1. The number of pyridine rings is 1. The Labute approximate surface area is 111 Å². The molecule has 0 aliphatic carbocycles. The minimum atomic E-state index is -4.48. The molecule has 0 aliphatic rings. The number of halogens is 4. The highest BCUT2D eigenvalue weighted by molar-refractivity contribution is 6.30. The van der Waals surface area contributed by atoms with Crippen LogP contribution in [0.4, 0.5) is 13.2 Å². The molecule has 0 radical (unpaired) electrons. The van der Waals surface area contributed by atoms with Crippen LogP contribution in [0.15, 0.2) is 23.1 Å². The fourth-order valence-electron chi connectivity index (χ4n) is 1.78. The first-order chi connectivity index (χ1) is 8.84. The van der Waals surface area contributed by atoms with Crippen LogP contribution >= 0.6 is 11.6 Å². The van der Waals surface area contributed by atoms with Crippen molar-refractivity contribution in [3.63, 3.8) is 0 Å². The second kappa shape index (κ2) is 4.85. The van der Waals surface area contributed by atoms with Gasteiger partial charge in [0.1, 0.15) is 10.8 Å². The summed E-state index contributed by atoms with van der Waals surface area (Å²) in [7, 11) is 0. The van der Waals surface area contributed by atoms with E-state index in [1.807, 2.05) is 6.92 Å². The number of hydrogen-bond acceptors (Lipinski definition) is 2. The molecule has 0 aliphatic heterocycles. The summed E-state index contributed by atoms with van der Waals surface area (Å²) in [5.74, 6) is 0. The summed E-state index contributed by atoms with van der Waals surface area (Å²) in [4.78, 5) is 15.9. The van der Waals surface area contributed by atoms with E-state index in [0.717, 1.165) is 22.7 Å². The Hall–Kier alpha value is -1.56. The number of rotatable bonds is 2. The highest BCUT2D eigenvalue weighted by Gasteiger charge is 2.31. The van der Waals surface area contributed by atoms with Crippen molar-refractivity contribution < 1.29 is 13.2 Å². The van der Waals surface area contributed by atoms with Crippen molar-refractivity contribution in [2.75, 3.05) is 0 Å². The van der Waals surface area contributed by atoms with Crippen LogP contribution in [0.25, 0.3) is 5.65 Å². The molecule has 0 amide bonds. The molecule has 2 heterocycles. The summed E-state index contributed by atoms with van der Waals surface area (Å²) in [5.41, 5.74) is -1.07. The molecule has 102 valence electrons. The van der Waals surface area contributed by atoms with Gasteiger partial charge < -0.3 is 0 Å². The lowest BCUT2D eigenvalue weighted by molar-refractivity contribution is -0.137. The molecule has 0 unspecified atom stereocenters. The Kier molecular flexibility index (Phi) is 3.54. The van der Waals surface area contributed by atoms with Crippen LogP contribution in [-0.2, 0) is 12.6 Å². The third kappa shape index (κ3) is 2.58. The molecule has 2 rings (SSSR count). The zero-order valence-electron chi connectivity index (χ0n) is 9.96. The van der Waals surface area contributed by atoms with Gasteiger partial charge in [0.25, 0.3) is 5.56 Å². The standard InChI is InChI=1S/C12H10ClF3N2O/c1-2-3-8-10(13)17-9-6-7(12(14,15)16)4-5-18(9)11(8)19/h4-6H,2-3H2,1H3. The van der Waals surface area contributed by atoms with Gasteiger partial charge in [-0.1, -0.05) is 24.9 Å². The van der Waals surface area contributed by atoms with Crippen LogP contribution in [0.5, 0.6) is 0 Å². The highest BCUT2D eigenvalue weighted by Crippen LogP contribution is 2.29. The zero-order valence-corrected chi connectivity index (χ0v) is 10.7. The van der Waals surface area contributed by atoms with E-state index in [0.29, 0.717) is 18.4 Å². The van der Waals surface area contributed by atoms with E-state index in [1.165, 1.54) is 0 Å². The Balaban J connectivity index is 2.71. The van der Waals surface area contributed by atoms with Crippen LogP contribution in [0.2, 0.25) is 5.15 Å². The fraction of sp³-hybridized carbons (Fsp3) is 0.333. The zero-order chi connectivity index (χ0) is 14.2. The smallest absolute Gasteiger partial charge is 0.269 e. The third-order valence-electron chi connectivity index (χ3n) is 2.70. The molecule has 0 saturated carbocycles. The first kappa shape index (κ1) is 13.9. The van der Waals surface area contributed by atoms with E-state index in [2.05, 4.69) is 4.98 Å². The summed E-state index contributed by atoms with van der Waals surface area (Å²) < 4.78 is 38.8. The van der Waals surface area contributed by atoms with E-state index in [-0.39, 0.29) is 10.8 Å². The molecule has 0 bridgehead atoms. The first-order valence-electron chi connectivity index (χ1n) is 5.62. The molecule has 3 nitrogen and oxygen atoms in total. The van der Waals surface area contributed by atoms with Crippen LogP contribution in [-0.4, -0.2) is 9.38 Å². The molecular formula is C12H10ClF3N2O. The molecule has 19 heavy (non-hydrogen) atoms. The van der Waals surface area contributed by atoms with Crippen LogP contribution in [0.1, 0.15) is 24.5 Å². The van der Waals surface area contributed by atoms with Crippen LogP contribution in [0, 0.1) is 0 Å². The predicted octanol–water partition coefficient (Wildman–Crippen LogP) is 3.32. The number of alkyl halides is 3. The minimum absolute atomic E-state index is 0.0359. The van der Waals surface area contributed by atoms with Gasteiger partial charge in [0.15, 0.2) is 0 Å². The summed E-state index contributed by atoms with van der Waals surface area (Å²) in [6.07, 6.45) is -2.27. The molecular weight excluding hydrogens is 281 g/mol. The molecule has 0 fully saturated rings. The molecule has 7 heteroatoms. The lowest BCUT2D eigenvalue weighted by Crippen LogP contribution is -2.21. The molecule has 0 spiro atoms. The highest BCUT2D eigenvalue weighted by atomic mass is 35.5. The van der Waals surface area contributed by atoms with E-state index in [9.17, 15) is 18.0 Å². The van der Waals surface area contributed by atoms with Crippen LogP contribution in [0.3, 0.4) is 0 Å². The molecule has 2 aromatic rings. The van der Waals surface area contributed by atoms with Gasteiger partial charge >= 0.3 is 6.18 Å². The number of fused-ring (bicyclic) bond motifs is 1. The second-order valence-corrected chi connectivity index (χ2v) is 4.44. The third-order valence-corrected chi connectivity index (χ3v) is 3.01. The second-order valence-electron chi connectivity index (χ2n) is 4.08. The van der Waals surface area contributed by atoms with Gasteiger partial charge in [0.05, 0.1) is 11.1 Å². The Bertz CT molecular complexity index is 679. The fourth-order valence-corrected chi connectivity index (χ4v) is 2.05. The number of hydrogen-bond donors (Lipinski definition) is 0. The van der Waals surface area contributed by atoms with Gasteiger partial charge in [-0.25, -0.2) is 4.98 Å². The minimum Gasteiger partial charge on any atom is -0.269 e. The van der Waals surface area contributed by atoms with Gasteiger partial charge in [-0.05, 0) is 18.6 Å². The van der Waals surface area contributed by atoms with E-state index >= 15 is 0 Å².